The maximum absolute atomic E-state index is 12.7. The Morgan fingerprint density at radius 1 is 1.12 bits per heavy atom. The van der Waals surface area contributed by atoms with Crippen LogP contribution in [0, 0.1) is 13.8 Å². The number of carbonyl (C=O) groups excluding carboxylic acids is 1. The van der Waals surface area contributed by atoms with Crippen molar-refractivity contribution in [2.45, 2.75) is 20.4 Å². The SMILES string of the molecule is COC(=O)c1c(NC(=S)Nc2nn(Cc3ccc(C)cc3)cc2Br)sc(C)c1-c1ccccc1. The number of ether oxygens (including phenoxy) is 1. The fraction of sp³-hybridized carbons (Fsp3) is 0.160. The standard InChI is InChI=1S/C25H23BrN4O2S2/c1-15-9-11-17(12-10-15)13-30-14-19(26)22(29-30)27-25(33)28-23-21(24(31)32-3)20(16(2)34-23)18-7-5-4-6-8-18/h4-12,14H,13H2,1-3H3,(H2,27,28,29,33). The van der Waals surface area contributed by atoms with Crippen LogP contribution in [0.4, 0.5) is 10.8 Å². The van der Waals surface area contributed by atoms with Crippen LogP contribution in [0.25, 0.3) is 11.1 Å². The van der Waals surface area contributed by atoms with Gasteiger partial charge in [0.15, 0.2) is 10.9 Å². The first-order chi connectivity index (χ1) is 16.4. The maximum atomic E-state index is 12.7. The molecule has 0 aliphatic heterocycles. The summed E-state index contributed by atoms with van der Waals surface area (Å²) in [4.78, 5) is 13.7. The van der Waals surface area contributed by atoms with Gasteiger partial charge in [-0.25, -0.2) is 4.79 Å². The summed E-state index contributed by atoms with van der Waals surface area (Å²) in [5.41, 5.74) is 4.62. The minimum absolute atomic E-state index is 0.326. The molecule has 0 radical (unpaired) electrons. The number of methoxy groups -OCH3 is 1. The Morgan fingerprint density at radius 2 is 1.82 bits per heavy atom. The first-order valence-corrected chi connectivity index (χ1v) is 12.5. The van der Waals surface area contributed by atoms with Crippen molar-refractivity contribution in [2.24, 2.45) is 0 Å². The Bertz CT molecular complexity index is 1330. The molecule has 0 spiro atoms. The summed E-state index contributed by atoms with van der Waals surface area (Å²) in [5, 5.41) is 11.8. The van der Waals surface area contributed by atoms with E-state index in [0.717, 1.165) is 26.0 Å². The number of carbonyl (C=O) groups is 1. The molecular weight excluding hydrogens is 532 g/mol. The average molecular weight is 556 g/mol. The zero-order valence-electron chi connectivity index (χ0n) is 18.9. The first-order valence-electron chi connectivity index (χ1n) is 10.5. The number of nitrogens with one attached hydrogen (secondary N) is 2. The maximum Gasteiger partial charge on any atom is 0.341 e. The average Bonchev–Trinajstić information content (AvgIpc) is 3.33. The molecule has 0 amide bonds. The Kier molecular flexibility index (Phi) is 7.45. The van der Waals surface area contributed by atoms with E-state index in [4.69, 9.17) is 17.0 Å². The van der Waals surface area contributed by atoms with Gasteiger partial charge in [0.2, 0.25) is 0 Å². The molecule has 0 saturated heterocycles. The highest BCUT2D eigenvalue weighted by Crippen LogP contribution is 2.40. The van der Waals surface area contributed by atoms with E-state index in [1.54, 1.807) is 0 Å². The van der Waals surface area contributed by atoms with Crippen molar-refractivity contribution in [3.8, 4) is 11.1 Å². The minimum Gasteiger partial charge on any atom is -0.465 e. The molecule has 6 nitrogen and oxygen atoms in total. The molecule has 0 aliphatic carbocycles. The number of hydrogen-bond donors (Lipinski definition) is 2. The number of halogens is 1. The second-order valence-electron chi connectivity index (χ2n) is 7.68. The van der Waals surface area contributed by atoms with Gasteiger partial charge in [0.1, 0.15) is 10.6 Å². The molecule has 0 unspecified atom stereocenters. The van der Waals surface area contributed by atoms with Crippen molar-refractivity contribution < 1.29 is 9.53 Å². The number of hydrogen-bond acceptors (Lipinski definition) is 5. The van der Waals surface area contributed by atoms with Crippen molar-refractivity contribution in [3.63, 3.8) is 0 Å². The number of aryl methyl sites for hydroxylation is 2. The highest BCUT2D eigenvalue weighted by molar-refractivity contribution is 9.10. The van der Waals surface area contributed by atoms with Gasteiger partial charge in [0.25, 0.3) is 0 Å². The lowest BCUT2D eigenvalue weighted by molar-refractivity contribution is 0.0603. The molecule has 0 fully saturated rings. The molecule has 0 saturated carbocycles. The lowest BCUT2D eigenvalue weighted by atomic mass is 10.0. The predicted molar refractivity (Wildman–Crippen MR) is 146 cm³/mol. The van der Waals surface area contributed by atoms with Crippen LogP contribution < -0.4 is 10.6 Å². The monoisotopic (exact) mass is 554 g/mol. The summed E-state index contributed by atoms with van der Waals surface area (Å²) in [6, 6.07) is 18.1. The molecule has 2 aromatic heterocycles. The van der Waals surface area contributed by atoms with Crippen LogP contribution in [0.3, 0.4) is 0 Å². The summed E-state index contributed by atoms with van der Waals surface area (Å²) in [6.45, 7) is 4.68. The zero-order valence-corrected chi connectivity index (χ0v) is 22.1. The van der Waals surface area contributed by atoms with Crippen LogP contribution in [0.15, 0.2) is 65.3 Å². The summed E-state index contributed by atoms with van der Waals surface area (Å²) < 4.78 is 7.70. The van der Waals surface area contributed by atoms with Crippen LogP contribution in [0.2, 0.25) is 0 Å². The highest BCUT2D eigenvalue weighted by atomic mass is 79.9. The summed E-state index contributed by atoms with van der Waals surface area (Å²) in [7, 11) is 1.38. The summed E-state index contributed by atoms with van der Waals surface area (Å²) in [5.74, 6) is 0.165. The molecule has 2 N–H and O–H groups in total. The first kappa shape index (κ1) is 24.1. The van der Waals surface area contributed by atoms with E-state index in [9.17, 15) is 4.79 Å². The molecule has 0 bridgehead atoms. The van der Waals surface area contributed by atoms with Crippen molar-refractivity contribution >= 4 is 61.4 Å². The highest BCUT2D eigenvalue weighted by Gasteiger charge is 2.24. The van der Waals surface area contributed by atoms with Crippen LogP contribution >= 0.6 is 39.5 Å². The molecule has 4 aromatic rings. The molecule has 4 rings (SSSR count). The van der Waals surface area contributed by atoms with Crippen LogP contribution in [0.1, 0.15) is 26.4 Å². The minimum atomic E-state index is -0.419. The number of esters is 1. The Morgan fingerprint density at radius 3 is 2.50 bits per heavy atom. The van der Waals surface area contributed by atoms with Crippen LogP contribution in [-0.4, -0.2) is 28.0 Å². The number of rotatable bonds is 6. The molecule has 174 valence electrons. The quantitative estimate of drug-likeness (QED) is 0.206. The second kappa shape index (κ2) is 10.5. The topological polar surface area (TPSA) is 68.2 Å². The van der Waals surface area contributed by atoms with Crippen LogP contribution in [0.5, 0.6) is 0 Å². The molecule has 2 aromatic carbocycles. The largest absolute Gasteiger partial charge is 0.465 e. The number of benzene rings is 2. The van der Waals surface area contributed by atoms with Gasteiger partial charge in [-0.1, -0.05) is 60.2 Å². The molecular formula is C25H23BrN4O2S2. The zero-order chi connectivity index (χ0) is 24.2. The van der Waals surface area contributed by atoms with Gasteiger partial charge in [-0.3, -0.25) is 4.68 Å². The molecule has 0 atom stereocenters. The van der Waals surface area contributed by atoms with Crippen molar-refractivity contribution in [2.75, 3.05) is 17.7 Å². The summed E-state index contributed by atoms with van der Waals surface area (Å²) in [6.07, 6.45) is 1.90. The van der Waals surface area contributed by atoms with Gasteiger partial charge in [-0.2, -0.15) is 5.10 Å². The molecule has 34 heavy (non-hydrogen) atoms. The number of aromatic nitrogens is 2. The van der Waals surface area contributed by atoms with Gasteiger partial charge in [-0.05, 0) is 53.1 Å². The van der Waals surface area contributed by atoms with E-state index in [1.165, 1.54) is 24.0 Å². The van der Waals surface area contributed by atoms with Gasteiger partial charge in [0, 0.05) is 16.6 Å². The van der Waals surface area contributed by atoms with Crippen molar-refractivity contribution in [1.29, 1.82) is 0 Å². The third-order valence-electron chi connectivity index (χ3n) is 5.18. The number of thiocarbonyl (C=S) groups is 1. The number of anilines is 2. The van der Waals surface area contributed by atoms with E-state index >= 15 is 0 Å². The van der Waals surface area contributed by atoms with Gasteiger partial charge >= 0.3 is 5.97 Å². The normalized spacial score (nSPS) is 10.7. The van der Waals surface area contributed by atoms with E-state index < -0.39 is 5.97 Å². The Balaban J connectivity index is 1.54. The summed E-state index contributed by atoms with van der Waals surface area (Å²) >= 11 is 10.5. The number of nitrogens with zero attached hydrogens (tertiary/aromatic N) is 2. The van der Waals surface area contributed by atoms with E-state index in [0.29, 0.717) is 28.0 Å². The van der Waals surface area contributed by atoms with Gasteiger partial charge < -0.3 is 15.4 Å². The Hall–Kier alpha value is -3.01. The number of thiophene rings is 1. The third-order valence-corrected chi connectivity index (χ3v) is 6.98. The third kappa shape index (κ3) is 5.38. The van der Waals surface area contributed by atoms with Crippen molar-refractivity contribution in [3.05, 3.63) is 86.8 Å². The lowest BCUT2D eigenvalue weighted by Gasteiger charge is -2.10. The van der Waals surface area contributed by atoms with E-state index in [2.05, 4.69) is 62.9 Å². The molecule has 2 heterocycles. The fourth-order valence-electron chi connectivity index (χ4n) is 3.57. The second-order valence-corrected chi connectivity index (χ2v) is 10.2. The van der Waals surface area contributed by atoms with E-state index in [-0.39, 0.29) is 0 Å². The van der Waals surface area contributed by atoms with Gasteiger partial charge in [-0.15, -0.1) is 11.3 Å². The lowest BCUT2D eigenvalue weighted by Crippen LogP contribution is -2.20. The van der Waals surface area contributed by atoms with E-state index in [1.807, 2.05) is 48.1 Å². The van der Waals surface area contributed by atoms with Gasteiger partial charge in [0.05, 0.1) is 18.1 Å². The molecule has 9 heteroatoms. The van der Waals surface area contributed by atoms with Crippen molar-refractivity contribution in [1.82, 2.24) is 9.78 Å². The smallest absolute Gasteiger partial charge is 0.341 e. The fourth-order valence-corrected chi connectivity index (χ4v) is 5.31. The predicted octanol–water partition coefficient (Wildman–Crippen LogP) is 6.63. The molecule has 0 aliphatic rings. The van der Waals surface area contributed by atoms with Crippen LogP contribution in [-0.2, 0) is 11.3 Å². The Labute approximate surface area is 216 Å².